The number of carbonyl (C=O) groups excluding carboxylic acids is 1. The highest BCUT2D eigenvalue weighted by atomic mass is 16.2. The standard InChI is InChI=1S/C14H19N5O/c1-10-3-5-12(6-4-10)11(2)16-14(20)13-9-19(8-7-15)18-17-13/h3-6,9,11H,7-8,15H2,1-2H3,(H,16,20). The summed E-state index contributed by atoms with van der Waals surface area (Å²) in [7, 11) is 0. The van der Waals surface area contributed by atoms with Gasteiger partial charge >= 0.3 is 0 Å². The second-order valence-electron chi connectivity index (χ2n) is 4.76. The molecule has 1 unspecified atom stereocenters. The number of aryl methyl sites for hydroxylation is 1. The summed E-state index contributed by atoms with van der Waals surface area (Å²) in [5, 5.41) is 10.6. The van der Waals surface area contributed by atoms with Gasteiger partial charge in [-0.3, -0.25) is 9.48 Å². The van der Waals surface area contributed by atoms with Crippen LogP contribution < -0.4 is 11.1 Å². The highest BCUT2D eigenvalue weighted by molar-refractivity contribution is 5.92. The van der Waals surface area contributed by atoms with Crippen molar-refractivity contribution in [1.82, 2.24) is 20.3 Å². The van der Waals surface area contributed by atoms with Crippen LogP contribution in [0.5, 0.6) is 0 Å². The molecule has 0 saturated carbocycles. The summed E-state index contributed by atoms with van der Waals surface area (Å²) in [6, 6.07) is 7.98. The Morgan fingerprint density at radius 1 is 1.40 bits per heavy atom. The molecule has 0 saturated heterocycles. The van der Waals surface area contributed by atoms with Gasteiger partial charge in [0.05, 0.1) is 18.8 Å². The number of nitrogens with two attached hydrogens (primary N) is 1. The van der Waals surface area contributed by atoms with Gasteiger partial charge in [0, 0.05) is 6.54 Å². The van der Waals surface area contributed by atoms with Crippen LogP contribution in [-0.4, -0.2) is 27.4 Å². The lowest BCUT2D eigenvalue weighted by Gasteiger charge is -2.13. The molecular formula is C14H19N5O. The molecule has 20 heavy (non-hydrogen) atoms. The van der Waals surface area contributed by atoms with Crippen molar-refractivity contribution < 1.29 is 4.79 Å². The Morgan fingerprint density at radius 3 is 2.75 bits per heavy atom. The smallest absolute Gasteiger partial charge is 0.273 e. The summed E-state index contributed by atoms with van der Waals surface area (Å²) >= 11 is 0. The monoisotopic (exact) mass is 273 g/mol. The number of aromatic nitrogens is 3. The summed E-state index contributed by atoms with van der Waals surface area (Å²) in [5.41, 5.74) is 7.97. The van der Waals surface area contributed by atoms with Crippen LogP contribution in [0.25, 0.3) is 0 Å². The first-order valence-electron chi connectivity index (χ1n) is 6.58. The van der Waals surface area contributed by atoms with E-state index in [9.17, 15) is 4.79 Å². The van der Waals surface area contributed by atoms with Crippen molar-refractivity contribution in [3.63, 3.8) is 0 Å². The maximum absolute atomic E-state index is 12.1. The van der Waals surface area contributed by atoms with Crippen molar-refractivity contribution in [3.05, 3.63) is 47.3 Å². The molecule has 0 aliphatic heterocycles. The lowest BCUT2D eigenvalue weighted by Crippen LogP contribution is -2.27. The van der Waals surface area contributed by atoms with Crippen LogP contribution in [0.15, 0.2) is 30.5 Å². The molecule has 0 aliphatic carbocycles. The minimum Gasteiger partial charge on any atom is -0.344 e. The van der Waals surface area contributed by atoms with Crippen LogP contribution in [-0.2, 0) is 6.54 Å². The summed E-state index contributed by atoms with van der Waals surface area (Å²) < 4.78 is 1.56. The van der Waals surface area contributed by atoms with Crippen molar-refractivity contribution in [2.45, 2.75) is 26.4 Å². The second kappa shape index (κ2) is 6.29. The Kier molecular flexibility index (Phi) is 4.47. The van der Waals surface area contributed by atoms with E-state index in [-0.39, 0.29) is 11.9 Å². The van der Waals surface area contributed by atoms with Gasteiger partial charge in [0.1, 0.15) is 0 Å². The van der Waals surface area contributed by atoms with Crippen LogP contribution in [0.2, 0.25) is 0 Å². The fraction of sp³-hybridized carbons (Fsp3) is 0.357. The zero-order chi connectivity index (χ0) is 14.5. The van der Waals surface area contributed by atoms with Gasteiger partial charge < -0.3 is 11.1 Å². The van der Waals surface area contributed by atoms with Crippen molar-refractivity contribution in [2.75, 3.05) is 6.54 Å². The summed E-state index contributed by atoms with van der Waals surface area (Å²) in [4.78, 5) is 12.1. The van der Waals surface area contributed by atoms with Gasteiger partial charge in [-0.2, -0.15) is 0 Å². The van der Waals surface area contributed by atoms with E-state index >= 15 is 0 Å². The fourth-order valence-electron chi connectivity index (χ4n) is 1.85. The molecule has 106 valence electrons. The van der Waals surface area contributed by atoms with Gasteiger partial charge in [-0.1, -0.05) is 35.0 Å². The molecule has 0 spiro atoms. The minimum atomic E-state index is -0.235. The van der Waals surface area contributed by atoms with Crippen molar-refractivity contribution >= 4 is 5.91 Å². The Bertz CT molecular complexity index is 576. The molecule has 1 amide bonds. The zero-order valence-corrected chi connectivity index (χ0v) is 11.7. The number of rotatable bonds is 5. The molecule has 6 nitrogen and oxygen atoms in total. The summed E-state index contributed by atoms with van der Waals surface area (Å²) in [6.07, 6.45) is 1.60. The van der Waals surface area contributed by atoms with Crippen LogP contribution in [0.4, 0.5) is 0 Å². The van der Waals surface area contributed by atoms with E-state index in [1.54, 1.807) is 10.9 Å². The molecule has 1 aromatic carbocycles. The third kappa shape index (κ3) is 3.42. The number of nitrogens with one attached hydrogen (secondary N) is 1. The molecule has 6 heteroatoms. The average Bonchev–Trinajstić information content (AvgIpc) is 2.88. The zero-order valence-electron chi connectivity index (χ0n) is 11.7. The third-order valence-corrected chi connectivity index (χ3v) is 3.05. The Balaban J connectivity index is 2.01. The van der Waals surface area contributed by atoms with Crippen LogP contribution in [0.3, 0.4) is 0 Å². The molecule has 0 bridgehead atoms. The van der Waals surface area contributed by atoms with Crippen LogP contribution in [0, 0.1) is 6.92 Å². The Labute approximate surface area is 118 Å². The highest BCUT2D eigenvalue weighted by Gasteiger charge is 2.14. The van der Waals surface area contributed by atoms with Gasteiger partial charge in [-0.15, -0.1) is 5.10 Å². The Hall–Kier alpha value is -2.21. The van der Waals surface area contributed by atoms with Crippen molar-refractivity contribution in [2.24, 2.45) is 5.73 Å². The molecule has 0 radical (unpaired) electrons. The number of benzene rings is 1. The molecule has 3 N–H and O–H groups in total. The number of hydrogen-bond acceptors (Lipinski definition) is 4. The van der Waals surface area contributed by atoms with E-state index in [2.05, 4.69) is 15.6 Å². The first kappa shape index (κ1) is 14.2. The lowest BCUT2D eigenvalue weighted by atomic mass is 10.1. The fourth-order valence-corrected chi connectivity index (χ4v) is 1.85. The van der Waals surface area contributed by atoms with Crippen molar-refractivity contribution in [1.29, 1.82) is 0 Å². The van der Waals surface area contributed by atoms with Crippen LogP contribution in [0.1, 0.15) is 34.6 Å². The predicted octanol–water partition coefficient (Wildman–Crippen LogP) is 1.04. The normalized spacial score (nSPS) is 12.2. The molecule has 1 heterocycles. The molecule has 2 rings (SSSR count). The lowest BCUT2D eigenvalue weighted by molar-refractivity contribution is 0.0934. The first-order valence-corrected chi connectivity index (χ1v) is 6.58. The topological polar surface area (TPSA) is 85.8 Å². The van der Waals surface area contributed by atoms with Crippen molar-refractivity contribution in [3.8, 4) is 0 Å². The van der Waals surface area contributed by atoms with E-state index in [1.165, 1.54) is 5.56 Å². The SMILES string of the molecule is Cc1ccc(C(C)NC(=O)c2cn(CCN)nn2)cc1. The van der Waals surface area contributed by atoms with Gasteiger partial charge in [0.15, 0.2) is 5.69 Å². The molecule has 1 atom stereocenters. The third-order valence-electron chi connectivity index (χ3n) is 3.05. The molecule has 0 aliphatic rings. The summed E-state index contributed by atoms with van der Waals surface area (Å²) in [6.45, 7) is 4.98. The van der Waals surface area contributed by atoms with E-state index in [1.807, 2.05) is 38.1 Å². The van der Waals surface area contributed by atoms with Crippen LogP contribution >= 0.6 is 0 Å². The number of hydrogen-bond donors (Lipinski definition) is 2. The maximum Gasteiger partial charge on any atom is 0.273 e. The second-order valence-corrected chi connectivity index (χ2v) is 4.76. The minimum absolute atomic E-state index is 0.0808. The molecule has 2 aromatic rings. The molecular weight excluding hydrogens is 254 g/mol. The number of amides is 1. The number of carbonyl (C=O) groups is 1. The van der Waals surface area contributed by atoms with E-state index < -0.39 is 0 Å². The quantitative estimate of drug-likeness (QED) is 0.852. The first-order chi connectivity index (χ1) is 9.60. The molecule has 1 aromatic heterocycles. The highest BCUT2D eigenvalue weighted by Crippen LogP contribution is 2.13. The van der Waals surface area contributed by atoms with Gasteiger partial charge in [0.2, 0.25) is 0 Å². The van der Waals surface area contributed by atoms with Gasteiger partial charge in [0.25, 0.3) is 5.91 Å². The summed E-state index contributed by atoms with van der Waals surface area (Å²) in [5.74, 6) is -0.235. The van der Waals surface area contributed by atoms with E-state index in [0.717, 1.165) is 5.56 Å². The van der Waals surface area contributed by atoms with E-state index in [0.29, 0.717) is 18.8 Å². The van der Waals surface area contributed by atoms with Gasteiger partial charge in [-0.25, -0.2) is 0 Å². The predicted molar refractivity (Wildman–Crippen MR) is 76.1 cm³/mol. The number of nitrogens with zero attached hydrogens (tertiary/aromatic N) is 3. The largest absolute Gasteiger partial charge is 0.344 e. The average molecular weight is 273 g/mol. The van der Waals surface area contributed by atoms with E-state index in [4.69, 9.17) is 5.73 Å². The molecule has 0 fully saturated rings. The van der Waals surface area contributed by atoms with Gasteiger partial charge in [-0.05, 0) is 19.4 Å². The maximum atomic E-state index is 12.1. The Morgan fingerprint density at radius 2 is 2.10 bits per heavy atom.